The molecule has 0 saturated heterocycles. The first kappa shape index (κ1) is 18.4. The molecule has 0 aliphatic carbocycles. The lowest BCUT2D eigenvalue weighted by Gasteiger charge is -2.08. The van der Waals surface area contributed by atoms with Gasteiger partial charge in [0.1, 0.15) is 11.3 Å². The molecule has 1 amide bonds. The molecule has 0 aliphatic heterocycles. The highest BCUT2D eigenvalue weighted by atomic mass is 16.5. The Morgan fingerprint density at radius 2 is 1.89 bits per heavy atom. The van der Waals surface area contributed by atoms with Crippen molar-refractivity contribution in [2.24, 2.45) is 0 Å². The molecule has 2 N–H and O–H groups in total. The zero-order valence-electron chi connectivity index (χ0n) is 15.3. The van der Waals surface area contributed by atoms with Gasteiger partial charge >= 0.3 is 5.97 Å². The van der Waals surface area contributed by atoms with Crippen molar-refractivity contribution in [3.8, 4) is 5.69 Å². The summed E-state index contributed by atoms with van der Waals surface area (Å²) in [7, 11) is 0. The third kappa shape index (κ3) is 3.74. The van der Waals surface area contributed by atoms with Gasteiger partial charge in [0.15, 0.2) is 0 Å². The van der Waals surface area contributed by atoms with E-state index in [0.29, 0.717) is 29.9 Å². The first-order valence-corrected chi connectivity index (χ1v) is 8.46. The van der Waals surface area contributed by atoms with Crippen molar-refractivity contribution in [3.05, 3.63) is 64.3 Å². The topological polar surface area (TPSA) is 110 Å². The third-order valence-corrected chi connectivity index (χ3v) is 4.46. The van der Waals surface area contributed by atoms with Crippen LogP contribution in [-0.4, -0.2) is 38.5 Å². The molecule has 0 saturated carbocycles. The Balaban J connectivity index is 1.65. The number of benzene rings is 1. The fourth-order valence-electron chi connectivity index (χ4n) is 2.90. The van der Waals surface area contributed by atoms with Gasteiger partial charge in [-0.05, 0) is 51.5 Å². The van der Waals surface area contributed by atoms with E-state index in [1.807, 2.05) is 13.8 Å². The highest BCUT2D eigenvalue weighted by molar-refractivity contribution is 5.94. The van der Waals surface area contributed by atoms with E-state index < -0.39 is 5.97 Å². The Labute approximate surface area is 155 Å². The van der Waals surface area contributed by atoms with E-state index in [4.69, 9.17) is 9.63 Å². The number of nitrogens with zero attached hydrogens (tertiary/aromatic N) is 3. The number of carboxylic acid groups (broad SMARTS) is 1. The average Bonchev–Trinajstić information content (AvgIpc) is 3.18. The number of aromatic carboxylic acids is 1. The summed E-state index contributed by atoms with van der Waals surface area (Å²) in [6, 6.07) is 6.83. The number of nitrogens with one attached hydrogen (secondary N) is 1. The van der Waals surface area contributed by atoms with E-state index in [-0.39, 0.29) is 11.5 Å². The van der Waals surface area contributed by atoms with Crippen molar-refractivity contribution in [2.45, 2.75) is 27.2 Å². The fourth-order valence-corrected chi connectivity index (χ4v) is 2.90. The van der Waals surface area contributed by atoms with E-state index in [1.165, 1.54) is 10.9 Å². The van der Waals surface area contributed by atoms with Gasteiger partial charge in [0.2, 0.25) is 0 Å². The van der Waals surface area contributed by atoms with Crippen LogP contribution in [0.15, 0.2) is 35.0 Å². The molecule has 27 heavy (non-hydrogen) atoms. The molecule has 0 bridgehead atoms. The molecule has 3 aromatic rings. The molecule has 3 rings (SSSR count). The Morgan fingerprint density at radius 1 is 1.19 bits per heavy atom. The van der Waals surface area contributed by atoms with E-state index >= 15 is 0 Å². The van der Waals surface area contributed by atoms with Gasteiger partial charge in [-0.3, -0.25) is 4.79 Å². The van der Waals surface area contributed by atoms with Crippen LogP contribution in [0.25, 0.3) is 5.69 Å². The molecular formula is C19H20N4O4. The van der Waals surface area contributed by atoms with E-state index in [2.05, 4.69) is 15.6 Å². The summed E-state index contributed by atoms with van der Waals surface area (Å²) in [5.41, 5.74) is 3.72. The molecule has 0 unspecified atom stereocenters. The molecule has 2 heterocycles. The maximum atomic E-state index is 12.3. The van der Waals surface area contributed by atoms with Gasteiger partial charge in [-0.2, -0.15) is 5.10 Å². The molecule has 0 atom stereocenters. The van der Waals surface area contributed by atoms with Crippen LogP contribution in [0.3, 0.4) is 0 Å². The zero-order valence-corrected chi connectivity index (χ0v) is 15.3. The first-order valence-electron chi connectivity index (χ1n) is 8.46. The Kier molecular flexibility index (Phi) is 5.07. The van der Waals surface area contributed by atoms with Gasteiger partial charge in [0, 0.05) is 17.7 Å². The number of carbonyl (C=O) groups is 2. The maximum absolute atomic E-state index is 12.3. The van der Waals surface area contributed by atoms with Crippen molar-refractivity contribution in [1.82, 2.24) is 20.3 Å². The van der Waals surface area contributed by atoms with Gasteiger partial charge < -0.3 is 14.9 Å². The molecular weight excluding hydrogens is 348 g/mol. The predicted molar refractivity (Wildman–Crippen MR) is 97.3 cm³/mol. The van der Waals surface area contributed by atoms with Crippen LogP contribution in [-0.2, 0) is 6.42 Å². The summed E-state index contributed by atoms with van der Waals surface area (Å²) in [6.45, 7) is 5.89. The standard InChI is InChI=1S/C19H20N4O4/c1-11-16(13(3)27-22-11)8-9-20-18(24)14-4-6-15(7-5-14)23-12(2)17(10-21-23)19(25)26/h4-7,10H,8-9H2,1-3H3,(H,20,24)(H,25,26). The summed E-state index contributed by atoms with van der Waals surface area (Å²) in [5.74, 6) is -0.439. The first-order chi connectivity index (χ1) is 12.9. The van der Waals surface area contributed by atoms with Crippen molar-refractivity contribution < 1.29 is 19.2 Å². The number of hydrogen-bond donors (Lipinski definition) is 2. The van der Waals surface area contributed by atoms with Gasteiger partial charge in [-0.25, -0.2) is 9.48 Å². The summed E-state index contributed by atoms with van der Waals surface area (Å²) < 4.78 is 6.64. The minimum atomic E-state index is -1.02. The van der Waals surface area contributed by atoms with Gasteiger partial charge in [0.05, 0.1) is 23.3 Å². The van der Waals surface area contributed by atoms with E-state index in [0.717, 1.165) is 17.0 Å². The third-order valence-electron chi connectivity index (χ3n) is 4.46. The molecule has 0 spiro atoms. The lowest BCUT2D eigenvalue weighted by Crippen LogP contribution is -2.25. The second-order valence-corrected chi connectivity index (χ2v) is 6.22. The molecule has 1 aromatic carbocycles. The number of carboxylic acids is 1. The van der Waals surface area contributed by atoms with E-state index in [9.17, 15) is 9.59 Å². The van der Waals surface area contributed by atoms with Crippen LogP contribution < -0.4 is 5.32 Å². The highest BCUT2D eigenvalue weighted by Gasteiger charge is 2.14. The summed E-state index contributed by atoms with van der Waals surface area (Å²) >= 11 is 0. The molecule has 8 nitrogen and oxygen atoms in total. The zero-order chi connectivity index (χ0) is 19.6. The Morgan fingerprint density at radius 3 is 2.44 bits per heavy atom. The van der Waals surface area contributed by atoms with Gasteiger partial charge in [-0.1, -0.05) is 5.16 Å². The van der Waals surface area contributed by atoms with E-state index in [1.54, 1.807) is 31.2 Å². The minimum absolute atomic E-state index is 0.149. The smallest absolute Gasteiger partial charge is 0.339 e. The SMILES string of the molecule is Cc1noc(C)c1CCNC(=O)c1ccc(-n2ncc(C(=O)O)c2C)cc1. The van der Waals surface area contributed by atoms with Crippen LogP contribution in [0.5, 0.6) is 0 Å². The summed E-state index contributed by atoms with van der Waals surface area (Å²) in [5, 5.41) is 20.0. The predicted octanol–water partition coefficient (Wildman–Crippen LogP) is 2.46. The molecule has 0 radical (unpaired) electrons. The number of amides is 1. The molecule has 2 aromatic heterocycles. The van der Waals surface area contributed by atoms with Gasteiger partial charge in [-0.15, -0.1) is 0 Å². The number of hydrogen-bond acceptors (Lipinski definition) is 5. The fraction of sp³-hybridized carbons (Fsp3) is 0.263. The van der Waals surface area contributed by atoms with Crippen molar-refractivity contribution in [2.75, 3.05) is 6.54 Å². The number of aromatic nitrogens is 3. The number of rotatable bonds is 6. The van der Waals surface area contributed by atoms with Crippen LogP contribution in [0, 0.1) is 20.8 Å². The summed E-state index contributed by atoms with van der Waals surface area (Å²) in [4.78, 5) is 23.4. The Hall–Kier alpha value is -3.42. The molecule has 0 fully saturated rings. The number of carbonyl (C=O) groups excluding carboxylic acids is 1. The minimum Gasteiger partial charge on any atom is -0.478 e. The maximum Gasteiger partial charge on any atom is 0.339 e. The van der Waals surface area contributed by atoms with Crippen molar-refractivity contribution in [1.29, 1.82) is 0 Å². The average molecular weight is 368 g/mol. The lowest BCUT2D eigenvalue weighted by atomic mass is 10.1. The van der Waals surface area contributed by atoms with Crippen LogP contribution in [0.4, 0.5) is 0 Å². The number of aryl methyl sites for hydroxylation is 2. The normalized spacial score (nSPS) is 10.8. The second kappa shape index (κ2) is 7.45. The summed E-state index contributed by atoms with van der Waals surface area (Å²) in [6.07, 6.45) is 1.96. The quantitative estimate of drug-likeness (QED) is 0.691. The highest BCUT2D eigenvalue weighted by Crippen LogP contribution is 2.15. The second-order valence-electron chi connectivity index (χ2n) is 6.22. The van der Waals surface area contributed by atoms with Crippen molar-refractivity contribution in [3.63, 3.8) is 0 Å². The molecule has 140 valence electrons. The van der Waals surface area contributed by atoms with Crippen LogP contribution in [0.2, 0.25) is 0 Å². The lowest BCUT2D eigenvalue weighted by molar-refractivity contribution is 0.0695. The molecule has 8 heteroatoms. The van der Waals surface area contributed by atoms with Gasteiger partial charge in [0.25, 0.3) is 5.91 Å². The van der Waals surface area contributed by atoms with Crippen molar-refractivity contribution >= 4 is 11.9 Å². The van der Waals surface area contributed by atoms with Crippen LogP contribution >= 0.6 is 0 Å². The van der Waals surface area contributed by atoms with Crippen LogP contribution in [0.1, 0.15) is 43.4 Å². The monoisotopic (exact) mass is 368 g/mol. The largest absolute Gasteiger partial charge is 0.478 e. The molecule has 0 aliphatic rings. The Bertz CT molecular complexity index is 966.